The summed E-state index contributed by atoms with van der Waals surface area (Å²) in [6.07, 6.45) is 0.856. The molecule has 0 spiro atoms. The lowest BCUT2D eigenvalue weighted by Crippen LogP contribution is -2.23. The van der Waals surface area contributed by atoms with E-state index >= 15 is 0 Å². The minimum atomic E-state index is -0.0117. The lowest BCUT2D eigenvalue weighted by molar-refractivity contribution is 0.162. The number of rotatable bonds is 1. The maximum absolute atomic E-state index is 6.18. The number of benzene rings is 1. The molecule has 2 nitrogen and oxygen atoms in total. The lowest BCUT2D eigenvalue weighted by Gasteiger charge is -2.30. The van der Waals surface area contributed by atoms with Crippen LogP contribution in [-0.2, 0) is 0 Å². The zero-order valence-electron chi connectivity index (χ0n) is 9.10. The SMILES string of the molecule is N[C@@H]1CC(c2ccsc2)Oc2ccc(Cl)cc21. The third-order valence-corrected chi connectivity index (χ3v) is 3.96. The Morgan fingerprint density at radius 2 is 2.24 bits per heavy atom. The Labute approximate surface area is 109 Å². The van der Waals surface area contributed by atoms with Crippen molar-refractivity contribution in [2.24, 2.45) is 5.73 Å². The number of nitrogens with two attached hydrogens (primary N) is 1. The molecule has 0 amide bonds. The molecule has 1 aromatic carbocycles. The molecular weight excluding hydrogens is 254 g/mol. The van der Waals surface area contributed by atoms with Crippen LogP contribution < -0.4 is 10.5 Å². The highest BCUT2D eigenvalue weighted by Gasteiger charge is 2.27. The molecule has 1 aliphatic rings. The first-order chi connectivity index (χ1) is 8.24. The zero-order chi connectivity index (χ0) is 11.8. The van der Waals surface area contributed by atoms with E-state index in [1.54, 1.807) is 11.3 Å². The van der Waals surface area contributed by atoms with Gasteiger partial charge in [0.25, 0.3) is 0 Å². The van der Waals surface area contributed by atoms with Gasteiger partial charge in [0.05, 0.1) is 0 Å². The fraction of sp³-hybridized carbons (Fsp3) is 0.231. The molecule has 2 N–H and O–H groups in total. The summed E-state index contributed by atoms with van der Waals surface area (Å²) >= 11 is 7.64. The van der Waals surface area contributed by atoms with E-state index in [4.69, 9.17) is 22.1 Å². The molecule has 2 heterocycles. The monoisotopic (exact) mass is 265 g/mol. The summed E-state index contributed by atoms with van der Waals surface area (Å²) in [6, 6.07) is 7.70. The van der Waals surface area contributed by atoms with E-state index in [0.717, 1.165) is 17.7 Å². The van der Waals surface area contributed by atoms with Gasteiger partial charge in [-0.3, -0.25) is 0 Å². The molecule has 2 aromatic rings. The van der Waals surface area contributed by atoms with Crippen molar-refractivity contribution in [3.63, 3.8) is 0 Å². The van der Waals surface area contributed by atoms with Gasteiger partial charge in [0, 0.05) is 28.6 Å². The van der Waals surface area contributed by atoms with E-state index in [2.05, 4.69) is 16.8 Å². The van der Waals surface area contributed by atoms with Gasteiger partial charge < -0.3 is 10.5 Å². The van der Waals surface area contributed by atoms with Crippen LogP contribution in [0.3, 0.4) is 0 Å². The molecule has 4 heteroatoms. The normalized spacial score (nSPS) is 22.9. The smallest absolute Gasteiger partial charge is 0.126 e. The average Bonchev–Trinajstić information content (AvgIpc) is 2.83. The Morgan fingerprint density at radius 3 is 3.00 bits per heavy atom. The summed E-state index contributed by atoms with van der Waals surface area (Å²) in [5.74, 6) is 0.851. The minimum absolute atomic E-state index is 0.0117. The molecule has 2 atom stereocenters. The molecule has 0 aliphatic carbocycles. The van der Waals surface area contributed by atoms with Crippen molar-refractivity contribution in [3.05, 3.63) is 51.2 Å². The van der Waals surface area contributed by atoms with Crippen LogP contribution in [0.4, 0.5) is 0 Å². The summed E-state index contributed by atoms with van der Waals surface area (Å²) in [5.41, 5.74) is 8.38. The van der Waals surface area contributed by atoms with Gasteiger partial charge in [-0.1, -0.05) is 11.6 Å². The van der Waals surface area contributed by atoms with Crippen molar-refractivity contribution in [2.75, 3.05) is 0 Å². The first kappa shape index (κ1) is 11.1. The second kappa shape index (κ2) is 4.33. The molecule has 0 radical (unpaired) electrons. The van der Waals surface area contributed by atoms with Crippen LogP contribution in [0.2, 0.25) is 5.02 Å². The highest BCUT2D eigenvalue weighted by molar-refractivity contribution is 7.07. The van der Waals surface area contributed by atoms with Gasteiger partial charge >= 0.3 is 0 Å². The first-order valence-electron chi connectivity index (χ1n) is 5.48. The molecule has 3 rings (SSSR count). The van der Waals surface area contributed by atoms with E-state index in [0.29, 0.717) is 5.02 Å². The molecule has 1 unspecified atom stereocenters. The molecule has 17 heavy (non-hydrogen) atoms. The highest BCUT2D eigenvalue weighted by Crippen LogP contribution is 2.40. The topological polar surface area (TPSA) is 35.2 Å². The summed E-state index contributed by atoms with van der Waals surface area (Å²) in [7, 11) is 0. The maximum atomic E-state index is 6.18. The van der Waals surface area contributed by atoms with Crippen LogP contribution in [-0.4, -0.2) is 0 Å². The Bertz CT molecular complexity index is 526. The van der Waals surface area contributed by atoms with Gasteiger partial charge in [-0.25, -0.2) is 0 Å². The molecule has 0 saturated heterocycles. The molecule has 1 aliphatic heterocycles. The predicted molar refractivity (Wildman–Crippen MR) is 70.7 cm³/mol. The number of fused-ring (bicyclic) bond motifs is 1. The summed E-state index contributed by atoms with van der Waals surface area (Å²) in [6.45, 7) is 0. The summed E-state index contributed by atoms with van der Waals surface area (Å²) < 4.78 is 5.97. The van der Waals surface area contributed by atoms with Crippen molar-refractivity contribution in [1.29, 1.82) is 0 Å². The van der Waals surface area contributed by atoms with Crippen LogP contribution in [0.25, 0.3) is 0 Å². The van der Waals surface area contributed by atoms with E-state index in [1.807, 2.05) is 18.2 Å². The number of halogens is 1. The fourth-order valence-electron chi connectivity index (χ4n) is 2.14. The van der Waals surface area contributed by atoms with Crippen molar-refractivity contribution in [1.82, 2.24) is 0 Å². The molecule has 1 aromatic heterocycles. The van der Waals surface area contributed by atoms with E-state index in [-0.39, 0.29) is 12.1 Å². The van der Waals surface area contributed by atoms with Crippen molar-refractivity contribution in [3.8, 4) is 5.75 Å². The second-order valence-corrected chi connectivity index (χ2v) is 5.40. The summed E-state index contributed by atoms with van der Waals surface area (Å²) in [4.78, 5) is 0. The van der Waals surface area contributed by atoms with Crippen molar-refractivity contribution < 1.29 is 4.74 Å². The van der Waals surface area contributed by atoms with Crippen LogP contribution >= 0.6 is 22.9 Å². The van der Waals surface area contributed by atoms with Gasteiger partial charge in [0.15, 0.2) is 0 Å². The van der Waals surface area contributed by atoms with Crippen LogP contribution in [0.1, 0.15) is 29.7 Å². The molecular formula is C13H12ClNOS. The number of thiophene rings is 1. The quantitative estimate of drug-likeness (QED) is 0.848. The number of hydrogen-bond acceptors (Lipinski definition) is 3. The fourth-order valence-corrected chi connectivity index (χ4v) is 3.02. The Morgan fingerprint density at radius 1 is 1.35 bits per heavy atom. The second-order valence-electron chi connectivity index (χ2n) is 4.19. The van der Waals surface area contributed by atoms with Crippen molar-refractivity contribution >= 4 is 22.9 Å². The van der Waals surface area contributed by atoms with Crippen molar-refractivity contribution in [2.45, 2.75) is 18.6 Å². The summed E-state index contributed by atoms with van der Waals surface area (Å²) in [5, 5.41) is 4.87. The third-order valence-electron chi connectivity index (χ3n) is 3.02. The standard InChI is InChI=1S/C13H12ClNOS/c14-9-1-2-12-10(5-9)11(15)6-13(16-12)8-3-4-17-7-8/h1-5,7,11,13H,6,15H2/t11-,13?/m1/s1. The predicted octanol–water partition coefficient (Wildman–Crippen LogP) is 3.93. The molecule has 88 valence electrons. The van der Waals surface area contributed by atoms with Gasteiger partial charge in [-0.15, -0.1) is 0 Å². The zero-order valence-corrected chi connectivity index (χ0v) is 10.7. The molecule has 0 saturated carbocycles. The largest absolute Gasteiger partial charge is 0.485 e. The van der Waals surface area contributed by atoms with Crippen LogP contribution in [0.5, 0.6) is 5.75 Å². The number of hydrogen-bond donors (Lipinski definition) is 1. The Hall–Kier alpha value is -1.03. The molecule has 0 bridgehead atoms. The van der Waals surface area contributed by atoms with Gasteiger partial charge in [-0.05, 0) is 35.0 Å². The van der Waals surface area contributed by atoms with Gasteiger partial charge in [0.2, 0.25) is 0 Å². The van der Waals surface area contributed by atoms with E-state index < -0.39 is 0 Å². The van der Waals surface area contributed by atoms with E-state index in [9.17, 15) is 0 Å². The molecule has 0 fully saturated rings. The highest BCUT2D eigenvalue weighted by atomic mass is 35.5. The lowest BCUT2D eigenvalue weighted by atomic mass is 9.95. The van der Waals surface area contributed by atoms with E-state index in [1.165, 1.54) is 5.56 Å². The minimum Gasteiger partial charge on any atom is -0.485 e. The van der Waals surface area contributed by atoms with Gasteiger partial charge in [0.1, 0.15) is 11.9 Å². The van der Waals surface area contributed by atoms with Gasteiger partial charge in [-0.2, -0.15) is 11.3 Å². The average molecular weight is 266 g/mol. The third kappa shape index (κ3) is 2.06. The Balaban J connectivity index is 1.96. The maximum Gasteiger partial charge on any atom is 0.126 e. The van der Waals surface area contributed by atoms with Crippen LogP contribution in [0.15, 0.2) is 35.0 Å². The number of ether oxygens (including phenoxy) is 1. The first-order valence-corrected chi connectivity index (χ1v) is 6.80. The van der Waals surface area contributed by atoms with Crippen LogP contribution in [0, 0.1) is 0 Å². The Kier molecular flexibility index (Phi) is 2.82.